The summed E-state index contributed by atoms with van der Waals surface area (Å²) in [6.07, 6.45) is 2.15. The van der Waals surface area contributed by atoms with Crippen LogP contribution in [0.25, 0.3) is 5.69 Å². The van der Waals surface area contributed by atoms with Crippen LogP contribution < -0.4 is 5.32 Å². The molecule has 0 saturated carbocycles. The summed E-state index contributed by atoms with van der Waals surface area (Å²) in [6.45, 7) is 1.95. The van der Waals surface area contributed by atoms with E-state index in [4.69, 9.17) is 0 Å². The number of aromatic nitrogens is 2. The van der Waals surface area contributed by atoms with Crippen molar-refractivity contribution in [2.45, 2.75) is 13.3 Å². The molecular formula is C18H16FN3O. The summed E-state index contributed by atoms with van der Waals surface area (Å²) in [5.41, 5.74) is 2.27. The molecule has 1 aromatic heterocycles. The van der Waals surface area contributed by atoms with E-state index in [1.165, 1.54) is 18.3 Å². The van der Waals surface area contributed by atoms with Crippen molar-refractivity contribution in [3.05, 3.63) is 77.9 Å². The minimum Gasteiger partial charge on any atom is -0.319 e. The Hall–Kier alpha value is -2.95. The third kappa shape index (κ3) is 2.99. The largest absolute Gasteiger partial charge is 0.319 e. The molecule has 23 heavy (non-hydrogen) atoms. The number of carbonyl (C=O) groups excluding carboxylic acids is 1. The van der Waals surface area contributed by atoms with Gasteiger partial charge in [-0.05, 0) is 30.7 Å². The van der Waals surface area contributed by atoms with E-state index < -0.39 is 5.82 Å². The number of amides is 1. The zero-order valence-corrected chi connectivity index (χ0v) is 12.7. The molecule has 0 saturated heterocycles. The highest BCUT2D eigenvalue weighted by Crippen LogP contribution is 2.18. The van der Waals surface area contributed by atoms with Gasteiger partial charge in [0, 0.05) is 0 Å². The predicted molar refractivity (Wildman–Crippen MR) is 87.3 cm³/mol. The van der Waals surface area contributed by atoms with Gasteiger partial charge < -0.3 is 5.32 Å². The normalized spacial score (nSPS) is 10.5. The van der Waals surface area contributed by atoms with Gasteiger partial charge in [0.05, 0.1) is 28.8 Å². The maximum Gasteiger partial charge on any atom is 0.259 e. The molecule has 4 nitrogen and oxygen atoms in total. The molecule has 1 amide bonds. The fourth-order valence-corrected chi connectivity index (χ4v) is 2.45. The van der Waals surface area contributed by atoms with E-state index in [1.54, 1.807) is 16.8 Å². The maximum atomic E-state index is 13.7. The molecule has 0 aliphatic heterocycles. The molecule has 0 aliphatic rings. The van der Waals surface area contributed by atoms with Crippen molar-refractivity contribution in [1.82, 2.24) is 9.78 Å². The second-order valence-electron chi connectivity index (χ2n) is 5.04. The van der Waals surface area contributed by atoms with Crippen LogP contribution in [-0.4, -0.2) is 15.7 Å². The second-order valence-corrected chi connectivity index (χ2v) is 5.04. The molecule has 3 rings (SSSR count). The highest BCUT2D eigenvalue weighted by molar-refractivity contribution is 6.05. The van der Waals surface area contributed by atoms with Gasteiger partial charge in [-0.3, -0.25) is 4.79 Å². The second kappa shape index (κ2) is 6.44. The van der Waals surface area contributed by atoms with Crippen molar-refractivity contribution in [3.63, 3.8) is 0 Å². The first-order valence-electron chi connectivity index (χ1n) is 7.39. The molecule has 0 aliphatic carbocycles. The van der Waals surface area contributed by atoms with E-state index in [-0.39, 0.29) is 11.6 Å². The van der Waals surface area contributed by atoms with Gasteiger partial charge in [-0.1, -0.05) is 37.3 Å². The van der Waals surface area contributed by atoms with Crippen LogP contribution in [-0.2, 0) is 6.42 Å². The summed E-state index contributed by atoms with van der Waals surface area (Å²) < 4.78 is 15.4. The van der Waals surface area contributed by atoms with E-state index in [0.29, 0.717) is 12.0 Å². The Kier molecular flexibility index (Phi) is 4.19. The molecule has 0 radical (unpaired) electrons. The fraction of sp³-hybridized carbons (Fsp3) is 0.111. The molecule has 2 aromatic carbocycles. The van der Waals surface area contributed by atoms with E-state index in [2.05, 4.69) is 10.4 Å². The first kappa shape index (κ1) is 15.0. The van der Waals surface area contributed by atoms with Crippen molar-refractivity contribution < 1.29 is 9.18 Å². The monoisotopic (exact) mass is 309 g/mol. The van der Waals surface area contributed by atoms with Crippen LogP contribution in [0.4, 0.5) is 10.1 Å². The number of nitrogens with zero attached hydrogens (tertiary/aromatic N) is 2. The molecule has 0 atom stereocenters. The third-order valence-corrected chi connectivity index (χ3v) is 3.57. The Morgan fingerprint density at radius 2 is 1.83 bits per heavy atom. The number of hydrogen-bond acceptors (Lipinski definition) is 2. The van der Waals surface area contributed by atoms with Crippen LogP contribution in [0.15, 0.2) is 60.8 Å². The van der Waals surface area contributed by atoms with Gasteiger partial charge in [0.25, 0.3) is 5.91 Å². The molecule has 1 heterocycles. The van der Waals surface area contributed by atoms with Crippen molar-refractivity contribution in [3.8, 4) is 5.69 Å². The molecule has 116 valence electrons. The number of anilines is 1. The van der Waals surface area contributed by atoms with E-state index >= 15 is 0 Å². The van der Waals surface area contributed by atoms with Gasteiger partial charge in [0.2, 0.25) is 0 Å². The summed E-state index contributed by atoms with van der Waals surface area (Å²) in [7, 11) is 0. The van der Waals surface area contributed by atoms with Crippen LogP contribution in [0.5, 0.6) is 0 Å². The maximum absolute atomic E-state index is 13.7. The minimum absolute atomic E-state index is 0.159. The first-order valence-corrected chi connectivity index (χ1v) is 7.39. The third-order valence-electron chi connectivity index (χ3n) is 3.57. The number of hydrogen-bond donors (Lipinski definition) is 1. The van der Waals surface area contributed by atoms with Crippen molar-refractivity contribution in [2.24, 2.45) is 0 Å². The van der Waals surface area contributed by atoms with Gasteiger partial charge in [-0.2, -0.15) is 5.10 Å². The average molecular weight is 309 g/mol. The topological polar surface area (TPSA) is 46.9 Å². The number of carbonyl (C=O) groups is 1. The standard InChI is InChI=1S/C18H16FN3O/c1-2-17-14(12-20-22(17)13-8-4-3-5-9-13)18(23)21-16-11-7-6-10-15(16)19/h3-12H,2H2,1H3,(H,21,23). The molecule has 0 bridgehead atoms. The lowest BCUT2D eigenvalue weighted by Gasteiger charge is -2.09. The lowest BCUT2D eigenvalue weighted by molar-refractivity contribution is 0.102. The minimum atomic E-state index is -0.464. The smallest absolute Gasteiger partial charge is 0.259 e. The average Bonchev–Trinajstić information content (AvgIpc) is 3.02. The van der Waals surface area contributed by atoms with Gasteiger partial charge in [-0.25, -0.2) is 9.07 Å². The zero-order chi connectivity index (χ0) is 16.2. The summed E-state index contributed by atoms with van der Waals surface area (Å²) >= 11 is 0. The lowest BCUT2D eigenvalue weighted by Crippen LogP contribution is -2.15. The first-order chi connectivity index (χ1) is 11.2. The van der Waals surface area contributed by atoms with Gasteiger partial charge in [0.15, 0.2) is 0 Å². The summed E-state index contributed by atoms with van der Waals surface area (Å²) in [5, 5.41) is 6.90. The molecule has 5 heteroatoms. The molecule has 3 aromatic rings. The van der Waals surface area contributed by atoms with E-state index in [9.17, 15) is 9.18 Å². The summed E-state index contributed by atoms with van der Waals surface area (Å²) in [4.78, 5) is 12.5. The van der Waals surface area contributed by atoms with Gasteiger partial charge >= 0.3 is 0 Å². The Morgan fingerprint density at radius 3 is 2.52 bits per heavy atom. The number of nitrogens with one attached hydrogen (secondary N) is 1. The van der Waals surface area contributed by atoms with Crippen molar-refractivity contribution in [1.29, 1.82) is 0 Å². The number of rotatable bonds is 4. The van der Waals surface area contributed by atoms with Crippen LogP contribution in [0.3, 0.4) is 0 Å². The molecule has 1 N–H and O–H groups in total. The lowest BCUT2D eigenvalue weighted by atomic mass is 10.1. The van der Waals surface area contributed by atoms with Crippen LogP contribution in [0, 0.1) is 5.82 Å². The van der Waals surface area contributed by atoms with Crippen LogP contribution in [0.1, 0.15) is 23.0 Å². The Balaban J connectivity index is 1.93. The van der Waals surface area contributed by atoms with E-state index in [1.807, 2.05) is 37.3 Å². The van der Waals surface area contributed by atoms with E-state index in [0.717, 1.165) is 11.4 Å². The van der Waals surface area contributed by atoms with Crippen molar-refractivity contribution in [2.75, 3.05) is 5.32 Å². The Bertz CT molecular complexity index is 827. The molecule has 0 fully saturated rings. The van der Waals surface area contributed by atoms with Crippen molar-refractivity contribution >= 4 is 11.6 Å². The summed E-state index contributed by atoms with van der Waals surface area (Å²) in [6, 6.07) is 15.7. The predicted octanol–water partition coefficient (Wildman–Crippen LogP) is 3.83. The van der Waals surface area contributed by atoms with Crippen LogP contribution in [0.2, 0.25) is 0 Å². The highest BCUT2D eigenvalue weighted by Gasteiger charge is 2.18. The molecule has 0 unspecified atom stereocenters. The zero-order valence-electron chi connectivity index (χ0n) is 12.7. The van der Waals surface area contributed by atoms with Crippen LogP contribution >= 0.6 is 0 Å². The Morgan fingerprint density at radius 1 is 1.13 bits per heavy atom. The highest BCUT2D eigenvalue weighted by atomic mass is 19.1. The van der Waals surface area contributed by atoms with Gasteiger partial charge in [-0.15, -0.1) is 0 Å². The number of benzene rings is 2. The fourth-order valence-electron chi connectivity index (χ4n) is 2.45. The Labute approximate surface area is 133 Å². The SMILES string of the molecule is CCc1c(C(=O)Nc2ccccc2F)cnn1-c1ccccc1. The number of para-hydroxylation sites is 2. The molecular weight excluding hydrogens is 293 g/mol. The molecule has 0 spiro atoms. The van der Waals surface area contributed by atoms with Gasteiger partial charge in [0.1, 0.15) is 5.82 Å². The summed E-state index contributed by atoms with van der Waals surface area (Å²) in [5.74, 6) is -0.830. The quantitative estimate of drug-likeness (QED) is 0.796. The number of halogens is 1.